The van der Waals surface area contributed by atoms with E-state index < -0.39 is 0 Å². The summed E-state index contributed by atoms with van der Waals surface area (Å²) in [6.45, 7) is 5.62. The van der Waals surface area contributed by atoms with Crippen molar-refractivity contribution < 1.29 is 4.79 Å². The minimum atomic E-state index is -0.0939. The number of hydrogen-bond donors (Lipinski definition) is 3. The first kappa shape index (κ1) is 17.4. The predicted molar refractivity (Wildman–Crippen MR) is 105 cm³/mol. The van der Waals surface area contributed by atoms with Crippen LogP contribution in [-0.2, 0) is 4.79 Å². The molecular weight excluding hydrogens is 326 g/mol. The summed E-state index contributed by atoms with van der Waals surface area (Å²) in [5, 5.41) is 9.29. The Morgan fingerprint density at radius 2 is 1.50 bits per heavy atom. The fourth-order valence-corrected chi connectivity index (χ4v) is 2.57. The van der Waals surface area contributed by atoms with Gasteiger partial charge in [0, 0.05) is 30.1 Å². The third-order valence-corrected chi connectivity index (χ3v) is 3.79. The molecule has 6 nitrogen and oxygen atoms in total. The number of aryl methyl sites for hydroxylation is 2. The molecule has 1 amide bonds. The molecule has 0 aliphatic rings. The van der Waals surface area contributed by atoms with Crippen LogP contribution in [0.5, 0.6) is 0 Å². The first-order valence-electron chi connectivity index (χ1n) is 8.30. The van der Waals surface area contributed by atoms with Gasteiger partial charge < -0.3 is 16.0 Å². The topological polar surface area (TPSA) is 78.9 Å². The number of carbonyl (C=O) groups is 1. The Kier molecular flexibility index (Phi) is 5.12. The zero-order chi connectivity index (χ0) is 18.5. The van der Waals surface area contributed by atoms with Crippen molar-refractivity contribution in [3.63, 3.8) is 0 Å². The summed E-state index contributed by atoms with van der Waals surface area (Å²) in [5.74, 6) is 1.30. The van der Waals surface area contributed by atoms with E-state index in [-0.39, 0.29) is 5.91 Å². The molecule has 3 rings (SSSR count). The molecule has 0 saturated heterocycles. The minimum Gasteiger partial charge on any atom is -0.340 e. The van der Waals surface area contributed by atoms with E-state index in [0.29, 0.717) is 11.6 Å². The molecule has 0 atom stereocenters. The zero-order valence-electron chi connectivity index (χ0n) is 15.0. The molecule has 0 unspecified atom stereocenters. The van der Waals surface area contributed by atoms with Gasteiger partial charge in [0.1, 0.15) is 18.0 Å². The second-order valence-corrected chi connectivity index (χ2v) is 6.12. The average molecular weight is 347 g/mol. The normalized spacial score (nSPS) is 10.3. The lowest BCUT2D eigenvalue weighted by atomic mass is 10.1. The number of nitrogens with one attached hydrogen (secondary N) is 3. The van der Waals surface area contributed by atoms with Crippen molar-refractivity contribution >= 4 is 34.6 Å². The SMILES string of the molecule is CC(=O)Nc1ccc(Nc2cc(Nc3ccc(C)cc3C)ncn2)cc1. The van der Waals surface area contributed by atoms with Gasteiger partial charge in [0.15, 0.2) is 0 Å². The Labute approximate surface area is 152 Å². The Morgan fingerprint density at radius 1 is 0.846 bits per heavy atom. The van der Waals surface area contributed by atoms with Crippen molar-refractivity contribution in [2.24, 2.45) is 0 Å². The lowest BCUT2D eigenvalue weighted by Crippen LogP contribution is -2.05. The van der Waals surface area contributed by atoms with Crippen molar-refractivity contribution in [2.75, 3.05) is 16.0 Å². The van der Waals surface area contributed by atoms with Gasteiger partial charge in [0.05, 0.1) is 0 Å². The standard InChI is InChI=1S/C20H21N5O/c1-13-4-9-18(14(2)10-13)25-20-11-19(21-12-22-20)24-17-7-5-16(6-8-17)23-15(3)26/h4-12H,1-3H3,(H,23,26)(H2,21,22,24,25). The van der Waals surface area contributed by atoms with Crippen LogP contribution in [0.1, 0.15) is 18.1 Å². The summed E-state index contributed by atoms with van der Waals surface area (Å²) in [5.41, 5.74) is 5.02. The summed E-state index contributed by atoms with van der Waals surface area (Å²) in [7, 11) is 0. The summed E-state index contributed by atoms with van der Waals surface area (Å²) >= 11 is 0. The second kappa shape index (κ2) is 7.65. The van der Waals surface area contributed by atoms with E-state index >= 15 is 0 Å². The highest BCUT2D eigenvalue weighted by Crippen LogP contribution is 2.23. The third-order valence-electron chi connectivity index (χ3n) is 3.79. The number of anilines is 5. The molecule has 0 radical (unpaired) electrons. The Hall–Kier alpha value is -3.41. The van der Waals surface area contributed by atoms with Gasteiger partial charge >= 0.3 is 0 Å². The quantitative estimate of drug-likeness (QED) is 0.631. The number of hydrogen-bond acceptors (Lipinski definition) is 5. The van der Waals surface area contributed by atoms with Crippen molar-refractivity contribution in [2.45, 2.75) is 20.8 Å². The largest absolute Gasteiger partial charge is 0.340 e. The molecule has 132 valence electrons. The van der Waals surface area contributed by atoms with E-state index in [2.05, 4.69) is 51.9 Å². The fourth-order valence-electron chi connectivity index (χ4n) is 2.57. The molecule has 6 heteroatoms. The van der Waals surface area contributed by atoms with Crippen LogP contribution < -0.4 is 16.0 Å². The molecule has 3 aromatic rings. The van der Waals surface area contributed by atoms with Crippen LogP contribution in [-0.4, -0.2) is 15.9 Å². The number of benzene rings is 2. The Bertz CT molecular complexity index is 922. The lowest BCUT2D eigenvalue weighted by Gasteiger charge is -2.11. The van der Waals surface area contributed by atoms with E-state index in [0.717, 1.165) is 22.6 Å². The maximum Gasteiger partial charge on any atom is 0.221 e. The van der Waals surface area contributed by atoms with Crippen LogP contribution in [0.4, 0.5) is 28.7 Å². The second-order valence-electron chi connectivity index (χ2n) is 6.12. The third kappa shape index (κ3) is 4.57. The van der Waals surface area contributed by atoms with Gasteiger partial charge in [-0.25, -0.2) is 9.97 Å². The molecule has 0 saturated carbocycles. The molecule has 0 spiro atoms. The van der Waals surface area contributed by atoms with Crippen molar-refractivity contribution in [1.82, 2.24) is 9.97 Å². The molecule has 3 N–H and O–H groups in total. The van der Waals surface area contributed by atoms with Gasteiger partial charge in [0.2, 0.25) is 5.91 Å². The van der Waals surface area contributed by atoms with Gasteiger partial charge in [0.25, 0.3) is 0 Å². The summed E-state index contributed by atoms with van der Waals surface area (Å²) in [4.78, 5) is 19.6. The van der Waals surface area contributed by atoms with Crippen LogP contribution in [0.3, 0.4) is 0 Å². The Morgan fingerprint density at radius 3 is 2.15 bits per heavy atom. The Balaban J connectivity index is 1.72. The van der Waals surface area contributed by atoms with Gasteiger partial charge in [-0.15, -0.1) is 0 Å². The van der Waals surface area contributed by atoms with Crippen LogP contribution >= 0.6 is 0 Å². The molecule has 1 aromatic heterocycles. The van der Waals surface area contributed by atoms with E-state index in [1.165, 1.54) is 18.8 Å². The number of nitrogens with zero attached hydrogens (tertiary/aromatic N) is 2. The summed E-state index contributed by atoms with van der Waals surface area (Å²) < 4.78 is 0. The number of aromatic nitrogens is 2. The number of amides is 1. The molecule has 2 aromatic carbocycles. The van der Waals surface area contributed by atoms with Crippen LogP contribution in [0, 0.1) is 13.8 Å². The van der Waals surface area contributed by atoms with Crippen molar-refractivity contribution in [3.8, 4) is 0 Å². The summed E-state index contributed by atoms with van der Waals surface area (Å²) in [6, 6.07) is 15.5. The van der Waals surface area contributed by atoms with E-state index in [4.69, 9.17) is 0 Å². The van der Waals surface area contributed by atoms with E-state index in [1.54, 1.807) is 0 Å². The van der Waals surface area contributed by atoms with E-state index in [1.807, 2.05) is 36.4 Å². The van der Waals surface area contributed by atoms with Crippen molar-refractivity contribution in [1.29, 1.82) is 0 Å². The summed E-state index contributed by atoms with van der Waals surface area (Å²) in [6.07, 6.45) is 1.51. The van der Waals surface area contributed by atoms with Crippen LogP contribution in [0.15, 0.2) is 54.9 Å². The lowest BCUT2D eigenvalue weighted by molar-refractivity contribution is -0.114. The van der Waals surface area contributed by atoms with Gasteiger partial charge in [-0.3, -0.25) is 4.79 Å². The van der Waals surface area contributed by atoms with Crippen LogP contribution in [0.25, 0.3) is 0 Å². The molecule has 0 aliphatic heterocycles. The van der Waals surface area contributed by atoms with Gasteiger partial charge in [-0.2, -0.15) is 0 Å². The average Bonchev–Trinajstić information content (AvgIpc) is 2.59. The fraction of sp³-hybridized carbons (Fsp3) is 0.150. The van der Waals surface area contributed by atoms with Crippen molar-refractivity contribution in [3.05, 3.63) is 66.0 Å². The zero-order valence-corrected chi connectivity index (χ0v) is 15.0. The highest BCUT2D eigenvalue weighted by atomic mass is 16.1. The minimum absolute atomic E-state index is 0.0939. The van der Waals surface area contributed by atoms with E-state index in [9.17, 15) is 4.79 Å². The number of carbonyl (C=O) groups excluding carboxylic acids is 1. The highest BCUT2D eigenvalue weighted by molar-refractivity contribution is 5.88. The maximum absolute atomic E-state index is 11.1. The monoisotopic (exact) mass is 347 g/mol. The van der Waals surface area contributed by atoms with Gasteiger partial charge in [-0.1, -0.05) is 17.7 Å². The molecular formula is C20H21N5O. The molecule has 0 fully saturated rings. The predicted octanol–water partition coefficient (Wildman–Crippen LogP) is 4.54. The smallest absolute Gasteiger partial charge is 0.221 e. The highest BCUT2D eigenvalue weighted by Gasteiger charge is 2.03. The molecule has 0 aliphatic carbocycles. The first-order valence-corrected chi connectivity index (χ1v) is 8.30. The number of rotatable bonds is 5. The van der Waals surface area contributed by atoms with Gasteiger partial charge in [-0.05, 0) is 49.7 Å². The first-order chi connectivity index (χ1) is 12.5. The van der Waals surface area contributed by atoms with Crippen LogP contribution in [0.2, 0.25) is 0 Å². The maximum atomic E-state index is 11.1. The molecule has 26 heavy (non-hydrogen) atoms. The molecule has 0 bridgehead atoms. The molecule has 1 heterocycles.